The second-order valence-electron chi connectivity index (χ2n) is 16.6. The van der Waals surface area contributed by atoms with Gasteiger partial charge in [-0.25, -0.2) is 0 Å². The van der Waals surface area contributed by atoms with Crippen molar-refractivity contribution in [3.63, 3.8) is 0 Å². The van der Waals surface area contributed by atoms with Crippen LogP contribution in [0.4, 0.5) is 28.4 Å². The molecule has 4 aliphatic heterocycles. The third kappa shape index (κ3) is 8.42. The molecule has 0 aromatic heterocycles. The molecule has 0 saturated heterocycles. The van der Waals surface area contributed by atoms with Crippen LogP contribution in [0.5, 0.6) is 23.0 Å². The second kappa shape index (κ2) is 18.0. The average Bonchev–Trinajstić information content (AvgIpc) is 3.80. The van der Waals surface area contributed by atoms with E-state index in [1.165, 1.54) is 14.2 Å². The molecular weight excluding hydrogens is 827 g/mol. The zero-order valence-corrected chi connectivity index (χ0v) is 36.9. The van der Waals surface area contributed by atoms with Crippen LogP contribution in [0.25, 0.3) is 0 Å². The number of hydrogen-bond donors (Lipinski definition) is 4. The maximum atomic E-state index is 14.0. The number of para-hydroxylation sites is 2. The van der Waals surface area contributed by atoms with Crippen LogP contribution in [0.1, 0.15) is 63.7 Å². The van der Waals surface area contributed by atoms with Crippen LogP contribution in [0, 0.1) is 0 Å². The van der Waals surface area contributed by atoms with Gasteiger partial charge in [-0.15, -0.1) is 0 Å². The second-order valence-corrected chi connectivity index (χ2v) is 16.6. The van der Waals surface area contributed by atoms with E-state index in [1.807, 2.05) is 60.4 Å². The molecule has 0 radical (unpaired) electrons. The molecule has 4 N–H and O–H groups in total. The molecule has 5 aromatic carbocycles. The molecule has 15 nitrogen and oxygen atoms in total. The fraction of sp³-hybridized carbons (Fsp3) is 0.300. The summed E-state index contributed by atoms with van der Waals surface area (Å²) >= 11 is 0. The lowest BCUT2D eigenvalue weighted by atomic mass is 10.1. The van der Waals surface area contributed by atoms with Crippen molar-refractivity contribution in [2.24, 2.45) is 4.99 Å². The SMILES string of the molecule is CCN[C@@H](C)C(=O)N[C@H](C)C(=O)Nc1cc(COc2cc3c(cc2OC)C(=O)N2c4ccccc4C[C@H]2C=N3)cc(COc2cc3c(cc2OC)C(=O)N2c4ccccc4C[C@H]2CN3)c1. The molecule has 15 heteroatoms. The highest BCUT2D eigenvalue weighted by Gasteiger charge is 2.39. The summed E-state index contributed by atoms with van der Waals surface area (Å²) in [5.41, 5.74) is 7.79. The first kappa shape index (κ1) is 42.9. The number of ether oxygens (including phenoxy) is 4. The largest absolute Gasteiger partial charge is 0.493 e. The van der Waals surface area contributed by atoms with E-state index in [9.17, 15) is 19.2 Å². The first-order valence-electron chi connectivity index (χ1n) is 21.8. The van der Waals surface area contributed by atoms with Crippen molar-refractivity contribution in [1.82, 2.24) is 10.6 Å². The third-order valence-corrected chi connectivity index (χ3v) is 12.2. The Morgan fingerprint density at radius 2 is 1.35 bits per heavy atom. The zero-order chi connectivity index (χ0) is 45.4. The number of fused-ring (bicyclic) bond motifs is 8. The summed E-state index contributed by atoms with van der Waals surface area (Å²) in [6.07, 6.45) is 3.23. The fourth-order valence-electron chi connectivity index (χ4n) is 8.98. The molecule has 5 aromatic rings. The van der Waals surface area contributed by atoms with Gasteiger partial charge in [0.15, 0.2) is 23.0 Å². The van der Waals surface area contributed by atoms with Gasteiger partial charge >= 0.3 is 0 Å². The molecule has 4 heterocycles. The maximum Gasteiger partial charge on any atom is 0.261 e. The molecule has 65 heavy (non-hydrogen) atoms. The lowest BCUT2D eigenvalue weighted by Gasteiger charge is -2.22. The number of anilines is 4. The number of nitrogens with one attached hydrogen (secondary N) is 4. The number of rotatable bonds is 14. The van der Waals surface area contributed by atoms with Crippen LogP contribution >= 0.6 is 0 Å². The number of nitrogens with zero attached hydrogens (tertiary/aromatic N) is 3. The molecule has 9 rings (SSSR count). The quantitative estimate of drug-likeness (QED) is 0.0955. The number of aliphatic imine (C=N–C) groups is 1. The van der Waals surface area contributed by atoms with Gasteiger partial charge in [0.1, 0.15) is 19.3 Å². The Labute approximate surface area is 377 Å². The first-order valence-corrected chi connectivity index (χ1v) is 21.8. The van der Waals surface area contributed by atoms with Crippen molar-refractivity contribution in [3.8, 4) is 23.0 Å². The van der Waals surface area contributed by atoms with E-state index >= 15 is 0 Å². The van der Waals surface area contributed by atoms with Gasteiger partial charge in [0.25, 0.3) is 11.8 Å². The molecule has 4 atom stereocenters. The van der Waals surface area contributed by atoms with Crippen LogP contribution in [-0.2, 0) is 35.6 Å². The van der Waals surface area contributed by atoms with Crippen molar-refractivity contribution >= 4 is 58.3 Å². The molecule has 4 amide bonds. The molecule has 0 bridgehead atoms. The van der Waals surface area contributed by atoms with Crippen molar-refractivity contribution in [1.29, 1.82) is 0 Å². The minimum Gasteiger partial charge on any atom is -0.493 e. The number of likely N-dealkylation sites (N-methyl/N-ethyl adjacent to an activating group) is 1. The Balaban J connectivity index is 0.974. The smallest absolute Gasteiger partial charge is 0.261 e. The normalized spacial score (nSPS) is 17.4. The Morgan fingerprint density at radius 3 is 2.03 bits per heavy atom. The van der Waals surface area contributed by atoms with Gasteiger partial charge in [-0.3, -0.25) is 29.1 Å². The number of benzene rings is 5. The monoisotopic (exact) mass is 877 g/mol. The zero-order valence-electron chi connectivity index (χ0n) is 36.9. The molecule has 334 valence electrons. The number of carbonyl (C=O) groups is 4. The van der Waals surface area contributed by atoms with Crippen molar-refractivity contribution in [2.75, 3.05) is 47.7 Å². The highest BCUT2D eigenvalue weighted by Crippen LogP contribution is 2.43. The van der Waals surface area contributed by atoms with Crippen LogP contribution in [0.2, 0.25) is 0 Å². The summed E-state index contributed by atoms with van der Waals surface area (Å²) in [4.78, 5) is 62.7. The minimum atomic E-state index is -0.844. The summed E-state index contributed by atoms with van der Waals surface area (Å²) in [6, 6.07) is 26.6. The van der Waals surface area contributed by atoms with Gasteiger partial charge in [0.2, 0.25) is 11.8 Å². The van der Waals surface area contributed by atoms with E-state index in [4.69, 9.17) is 23.9 Å². The third-order valence-electron chi connectivity index (χ3n) is 12.2. The highest BCUT2D eigenvalue weighted by molar-refractivity contribution is 6.15. The van der Waals surface area contributed by atoms with Gasteiger partial charge < -0.3 is 45.1 Å². The van der Waals surface area contributed by atoms with Crippen LogP contribution in [0.15, 0.2) is 96.0 Å². The van der Waals surface area contributed by atoms with Crippen LogP contribution < -0.4 is 50.0 Å². The van der Waals surface area contributed by atoms with Gasteiger partial charge in [-0.1, -0.05) is 43.3 Å². The van der Waals surface area contributed by atoms with E-state index in [-0.39, 0.29) is 43.0 Å². The molecular formula is C50H51N7O8. The topological polar surface area (TPSA) is 172 Å². The molecule has 0 aliphatic carbocycles. The molecule has 0 unspecified atom stereocenters. The van der Waals surface area contributed by atoms with E-state index in [0.717, 1.165) is 28.9 Å². The highest BCUT2D eigenvalue weighted by atomic mass is 16.5. The molecule has 4 aliphatic rings. The number of amides is 4. The van der Waals surface area contributed by atoms with Gasteiger partial charge in [0.05, 0.1) is 54.8 Å². The molecule has 0 fully saturated rings. The van der Waals surface area contributed by atoms with E-state index < -0.39 is 18.0 Å². The maximum absolute atomic E-state index is 14.0. The van der Waals surface area contributed by atoms with Gasteiger partial charge in [-0.05, 0) is 91.5 Å². The lowest BCUT2D eigenvalue weighted by Crippen LogP contribution is -2.49. The van der Waals surface area contributed by atoms with Crippen LogP contribution in [0.3, 0.4) is 0 Å². The van der Waals surface area contributed by atoms with Gasteiger partial charge in [0, 0.05) is 48.4 Å². The van der Waals surface area contributed by atoms with E-state index in [2.05, 4.69) is 27.3 Å². The summed E-state index contributed by atoms with van der Waals surface area (Å²) in [5.74, 6) is 0.523. The molecule has 0 spiro atoms. The predicted octanol–water partition coefficient (Wildman–Crippen LogP) is 6.59. The van der Waals surface area contributed by atoms with Crippen molar-refractivity contribution in [2.45, 2.75) is 71.0 Å². The summed E-state index contributed by atoms with van der Waals surface area (Å²) < 4.78 is 24.4. The lowest BCUT2D eigenvalue weighted by molar-refractivity contribution is -0.127. The van der Waals surface area contributed by atoms with Crippen LogP contribution in [-0.4, -0.2) is 81.3 Å². The van der Waals surface area contributed by atoms with E-state index in [0.29, 0.717) is 81.8 Å². The van der Waals surface area contributed by atoms with Crippen molar-refractivity contribution in [3.05, 3.63) is 124 Å². The summed E-state index contributed by atoms with van der Waals surface area (Å²) in [5, 5.41) is 12.3. The standard InChI is InChI=1S/C50H51N7O8/c1-6-51-28(2)47(58)54-29(3)48(59)55-34-16-30(26-64-45-22-39-37(20-43(45)62-4)49(60)56-35(24-52-39)18-32-11-7-9-13-41(32)56)15-31(17-34)27-65-46-23-40-38(21-44(46)63-5)50(61)57-36(25-53-40)19-33-12-8-10-14-42(33)57/h7-17,20-24,28-29,35-36,51,53H,6,18-19,25-27H2,1-5H3,(H,54,58)(H,55,59)/t28-,29+,35-,36-/m0/s1. The predicted molar refractivity (Wildman–Crippen MR) is 249 cm³/mol. The number of carbonyl (C=O) groups excluding carboxylic acids is 4. The van der Waals surface area contributed by atoms with Crippen molar-refractivity contribution < 1.29 is 38.1 Å². The minimum absolute atomic E-state index is 0.0348. The Bertz CT molecular complexity index is 2740. The fourth-order valence-corrected chi connectivity index (χ4v) is 8.98. The first-order chi connectivity index (χ1) is 31.5. The molecule has 0 saturated carbocycles. The van der Waals surface area contributed by atoms with E-state index in [1.54, 1.807) is 61.4 Å². The number of methoxy groups -OCH3 is 2. The Kier molecular flexibility index (Phi) is 11.9. The summed E-state index contributed by atoms with van der Waals surface area (Å²) in [6.45, 7) is 6.51. The average molecular weight is 878 g/mol. The summed E-state index contributed by atoms with van der Waals surface area (Å²) in [7, 11) is 3.05. The Morgan fingerprint density at radius 1 is 0.738 bits per heavy atom. The Hall–Kier alpha value is -7.39. The van der Waals surface area contributed by atoms with Gasteiger partial charge in [-0.2, -0.15) is 0 Å². The number of hydrogen-bond acceptors (Lipinski definition) is 11.